The van der Waals surface area contributed by atoms with Crippen molar-refractivity contribution < 1.29 is 12.6 Å². The van der Waals surface area contributed by atoms with Crippen LogP contribution < -0.4 is 0 Å². The molecule has 0 radical (unpaired) electrons. The van der Waals surface area contributed by atoms with Crippen LogP contribution in [-0.2, 0) is 19.7 Å². The van der Waals surface area contributed by atoms with Gasteiger partial charge in [-0.1, -0.05) is 59.1 Å². The van der Waals surface area contributed by atoms with E-state index in [9.17, 15) is 8.42 Å². The molecule has 1 aromatic rings. The van der Waals surface area contributed by atoms with Crippen LogP contribution in [0.2, 0.25) is 0 Å². The summed E-state index contributed by atoms with van der Waals surface area (Å²) in [5.74, 6) is 0. The predicted octanol–water partition coefficient (Wildman–Crippen LogP) is 4.27. The van der Waals surface area contributed by atoms with Gasteiger partial charge >= 0.3 is 0 Å². The first kappa shape index (κ1) is 17.2. The van der Waals surface area contributed by atoms with Crippen molar-refractivity contribution in [2.45, 2.75) is 63.7 Å². The van der Waals surface area contributed by atoms with Crippen molar-refractivity contribution in [3.05, 3.63) is 29.8 Å². The molecule has 20 heavy (non-hydrogen) atoms. The molecule has 1 rings (SSSR count). The smallest absolute Gasteiger partial charge is 0.266 e. The molecule has 4 heteroatoms. The van der Waals surface area contributed by atoms with E-state index in [0.29, 0.717) is 0 Å². The molecule has 1 aromatic carbocycles. The maximum Gasteiger partial charge on any atom is 0.296 e. The van der Waals surface area contributed by atoms with E-state index < -0.39 is 10.1 Å². The summed E-state index contributed by atoms with van der Waals surface area (Å²) in [5, 5.41) is 0. The predicted molar refractivity (Wildman–Crippen MR) is 82.4 cm³/mol. The first-order valence-electron chi connectivity index (χ1n) is 7.27. The van der Waals surface area contributed by atoms with E-state index in [1.165, 1.54) is 0 Å². The Morgan fingerprint density at radius 3 is 2.40 bits per heavy atom. The van der Waals surface area contributed by atoms with E-state index in [-0.39, 0.29) is 16.9 Å². The standard InChI is InChI=1S/C16H26O3S/c1-5-6-7-8-12-19-20(17,18)15-11-9-10-14(13-15)16(2,3)4/h9-11,13H,5-8,12H2,1-4H3. The molecule has 0 fully saturated rings. The second-order valence-electron chi connectivity index (χ2n) is 6.11. The topological polar surface area (TPSA) is 43.4 Å². The van der Waals surface area contributed by atoms with Crippen LogP contribution in [0.4, 0.5) is 0 Å². The third kappa shape index (κ3) is 5.25. The van der Waals surface area contributed by atoms with E-state index in [1.54, 1.807) is 18.2 Å². The summed E-state index contributed by atoms with van der Waals surface area (Å²) in [4.78, 5) is 0.250. The number of unbranched alkanes of at least 4 members (excludes halogenated alkanes) is 3. The minimum Gasteiger partial charge on any atom is -0.266 e. The molecule has 0 bridgehead atoms. The van der Waals surface area contributed by atoms with Crippen LogP contribution in [0.3, 0.4) is 0 Å². The monoisotopic (exact) mass is 298 g/mol. The number of hydrogen-bond acceptors (Lipinski definition) is 3. The molecule has 0 saturated carbocycles. The van der Waals surface area contributed by atoms with Crippen molar-refractivity contribution in [1.29, 1.82) is 0 Å². The zero-order valence-electron chi connectivity index (χ0n) is 13.0. The van der Waals surface area contributed by atoms with Gasteiger partial charge in [0, 0.05) is 0 Å². The van der Waals surface area contributed by atoms with Gasteiger partial charge in [-0.3, -0.25) is 4.18 Å². The van der Waals surface area contributed by atoms with Gasteiger partial charge in [-0.25, -0.2) is 0 Å². The maximum atomic E-state index is 12.1. The summed E-state index contributed by atoms with van der Waals surface area (Å²) in [6.07, 6.45) is 4.03. The van der Waals surface area contributed by atoms with Crippen LogP contribution >= 0.6 is 0 Å². The molecule has 0 spiro atoms. The Bertz CT molecular complexity index is 513. The third-order valence-electron chi connectivity index (χ3n) is 3.23. The van der Waals surface area contributed by atoms with Gasteiger partial charge in [-0.15, -0.1) is 0 Å². The van der Waals surface area contributed by atoms with E-state index in [2.05, 4.69) is 27.7 Å². The lowest BCUT2D eigenvalue weighted by atomic mass is 9.87. The summed E-state index contributed by atoms with van der Waals surface area (Å²) in [5.41, 5.74) is 0.917. The molecule has 0 aliphatic heterocycles. The van der Waals surface area contributed by atoms with Crippen LogP contribution in [0.5, 0.6) is 0 Å². The lowest BCUT2D eigenvalue weighted by Crippen LogP contribution is -2.13. The Balaban J connectivity index is 2.73. The third-order valence-corrected chi connectivity index (χ3v) is 4.53. The van der Waals surface area contributed by atoms with Gasteiger partial charge in [-0.2, -0.15) is 8.42 Å². The molecular weight excluding hydrogens is 272 g/mol. The van der Waals surface area contributed by atoms with Gasteiger partial charge in [0.25, 0.3) is 10.1 Å². The average Bonchev–Trinajstić information content (AvgIpc) is 2.37. The van der Waals surface area contributed by atoms with Crippen molar-refractivity contribution in [3.63, 3.8) is 0 Å². The largest absolute Gasteiger partial charge is 0.296 e. The fourth-order valence-electron chi connectivity index (χ4n) is 1.88. The molecule has 0 aromatic heterocycles. The van der Waals surface area contributed by atoms with Crippen LogP contribution in [0.15, 0.2) is 29.2 Å². The maximum absolute atomic E-state index is 12.1. The van der Waals surface area contributed by atoms with Crippen molar-refractivity contribution in [1.82, 2.24) is 0 Å². The number of rotatable bonds is 7. The van der Waals surface area contributed by atoms with Crippen LogP contribution in [0, 0.1) is 0 Å². The van der Waals surface area contributed by atoms with Crippen LogP contribution in [0.1, 0.15) is 58.9 Å². The van der Waals surface area contributed by atoms with Gasteiger partial charge < -0.3 is 0 Å². The molecular formula is C16H26O3S. The lowest BCUT2D eigenvalue weighted by Gasteiger charge is -2.19. The molecule has 0 unspecified atom stereocenters. The molecule has 0 atom stereocenters. The van der Waals surface area contributed by atoms with Gasteiger partial charge in [-0.05, 0) is 29.5 Å². The van der Waals surface area contributed by atoms with E-state index >= 15 is 0 Å². The average molecular weight is 298 g/mol. The van der Waals surface area contributed by atoms with Crippen molar-refractivity contribution in [3.8, 4) is 0 Å². The second-order valence-corrected chi connectivity index (χ2v) is 7.73. The lowest BCUT2D eigenvalue weighted by molar-refractivity contribution is 0.307. The Morgan fingerprint density at radius 1 is 1.10 bits per heavy atom. The highest BCUT2D eigenvalue weighted by Crippen LogP contribution is 2.25. The quantitative estimate of drug-likeness (QED) is 0.557. The highest BCUT2D eigenvalue weighted by molar-refractivity contribution is 7.86. The Kier molecular flexibility index (Phi) is 6.21. The first-order valence-corrected chi connectivity index (χ1v) is 8.68. The zero-order valence-corrected chi connectivity index (χ0v) is 13.8. The first-order chi connectivity index (χ1) is 9.27. The summed E-state index contributed by atoms with van der Waals surface area (Å²) >= 11 is 0. The highest BCUT2D eigenvalue weighted by Gasteiger charge is 2.19. The van der Waals surface area contributed by atoms with Crippen molar-refractivity contribution in [2.24, 2.45) is 0 Å². The molecule has 0 aliphatic carbocycles. The van der Waals surface area contributed by atoms with Gasteiger partial charge in [0.05, 0.1) is 11.5 Å². The molecule has 3 nitrogen and oxygen atoms in total. The molecule has 0 N–H and O–H groups in total. The SMILES string of the molecule is CCCCCCOS(=O)(=O)c1cccc(C(C)(C)C)c1. The van der Waals surface area contributed by atoms with E-state index in [0.717, 1.165) is 31.2 Å². The Labute approximate surface area is 123 Å². The summed E-state index contributed by atoms with van der Waals surface area (Å²) in [6.45, 7) is 8.57. The number of hydrogen-bond donors (Lipinski definition) is 0. The minimum atomic E-state index is -3.63. The van der Waals surface area contributed by atoms with E-state index in [1.807, 2.05) is 6.07 Å². The molecule has 0 saturated heterocycles. The van der Waals surface area contributed by atoms with Gasteiger partial charge in [0.2, 0.25) is 0 Å². The minimum absolute atomic E-state index is 0.0767. The Morgan fingerprint density at radius 2 is 1.80 bits per heavy atom. The molecule has 0 aliphatic rings. The van der Waals surface area contributed by atoms with Crippen molar-refractivity contribution in [2.75, 3.05) is 6.61 Å². The normalized spacial score (nSPS) is 12.6. The number of benzene rings is 1. The molecule has 0 heterocycles. The zero-order chi connectivity index (χ0) is 15.2. The van der Waals surface area contributed by atoms with Crippen molar-refractivity contribution >= 4 is 10.1 Å². The van der Waals surface area contributed by atoms with E-state index in [4.69, 9.17) is 4.18 Å². The summed E-state index contributed by atoms with van der Waals surface area (Å²) in [6, 6.07) is 7.02. The molecule has 114 valence electrons. The fraction of sp³-hybridized carbons (Fsp3) is 0.625. The van der Waals surface area contributed by atoms with Gasteiger partial charge in [0.1, 0.15) is 0 Å². The van der Waals surface area contributed by atoms with Crippen LogP contribution in [0.25, 0.3) is 0 Å². The Hall–Kier alpha value is -0.870. The fourth-order valence-corrected chi connectivity index (χ4v) is 2.87. The second kappa shape index (κ2) is 7.23. The molecule has 0 amide bonds. The van der Waals surface area contributed by atoms with Crippen LogP contribution in [-0.4, -0.2) is 15.0 Å². The summed E-state index contributed by atoms with van der Waals surface area (Å²) in [7, 11) is -3.63. The summed E-state index contributed by atoms with van der Waals surface area (Å²) < 4.78 is 29.3. The highest BCUT2D eigenvalue weighted by atomic mass is 32.2. The van der Waals surface area contributed by atoms with Gasteiger partial charge in [0.15, 0.2) is 0 Å².